The second-order valence-corrected chi connectivity index (χ2v) is 5.06. The number of carbonyl (C=O) groups excluding carboxylic acids is 2. The van der Waals surface area contributed by atoms with Gasteiger partial charge in [-0.2, -0.15) is 0 Å². The fourth-order valence-electron chi connectivity index (χ4n) is 2.52. The second-order valence-electron chi connectivity index (χ2n) is 5.06. The summed E-state index contributed by atoms with van der Waals surface area (Å²) in [5, 5.41) is 11.8. The number of likely N-dealkylation sites (tertiary alicyclic amines) is 1. The standard InChI is InChI=1S/C13H22N2O5/c1-3-4-13(11(17)18)5-7-15(8-6-13)12(19)14-9-10(16)20-2/h3-9H2,1-2H3,(H,14,19)(H,17,18). The van der Waals surface area contributed by atoms with Gasteiger partial charge in [-0.3, -0.25) is 9.59 Å². The molecule has 0 unspecified atom stereocenters. The summed E-state index contributed by atoms with van der Waals surface area (Å²) in [5.41, 5.74) is -0.714. The van der Waals surface area contributed by atoms with Gasteiger partial charge in [-0.25, -0.2) is 4.79 Å². The van der Waals surface area contributed by atoms with Crippen LogP contribution in [-0.2, 0) is 14.3 Å². The van der Waals surface area contributed by atoms with Gasteiger partial charge in [0.1, 0.15) is 6.54 Å². The molecule has 1 aliphatic rings. The van der Waals surface area contributed by atoms with Gasteiger partial charge in [-0.1, -0.05) is 13.3 Å². The van der Waals surface area contributed by atoms with Gasteiger partial charge in [0.2, 0.25) is 0 Å². The molecule has 1 saturated heterocycles. The lowest BCUT2D eigenvalue weighted by atomic mass is 9.75. The SMILES string of the molecule is CCCC1(C(=O)O)CCN(C(=O)NCC(=O)OC)CC1. The first-order chi connectivity index (χ1) is 9.45. The van der Waals surface area contributed by atoms with Crippen molar-refractivity contribution in [2.45, 2.75) is 32.6 Å². The third kappa shape index (κ3) is 3.85. The molecule has 0 saturated carbocycles. The fraction of sp³-hybridized carbons (Fsp3) is 0.769. The Morgan fingerprint density at radius 1 is 1.30 bits per heavy atom. The normalized spacial score (nSPS) is 17.4. The molecule has 0 radical (unpaired) electrons. The Balaban J connectivity index is 2.50. The molecule has 2 amide bonds. The molecular weight excluding hydrogens is 264 g/mol. The number of carbonyl (C=O) groups is 3. The van der Waals surface area contributed by atoms with Crippen LogP contribution in [0.25, 0.3) is 0 Å². The van der Waals surface area contributed by atoms with Crippen molar-refractivity contribution in [2.75, 3.05) is 26.7 Å². The van der Waals surface area contributed by atoms with E-state index >= 15 is 0 Å². The maximum atomic E-state index is 11.8. The maximum Gasteiger partial charge on any atom is 0.325 e. The lowest BCUT2D eigenvalue weighted by molar-refractivity contribution is -0.152. The van der Waals surface area contributed by atoms with Gasteiger partial charge in [0.15, 0.2) is 0 Å². The number of esters is 1. The molecule has 1 fully saturated rings. The van der Waals surface area contributed by atoms with Gasteiger partial charge >= 0.3 is 18.0 Å². The Kier molecular flexibility index (Phi) is 5.79. The molecule has 0 spiro atoms. The Morgan fingerprint density at radius 3 is 2.35 bits per heavy atom. The summed E-state index contributed by atoms with van der Waals surface area (Å²) >= 11 is 0. The molecule has 1 heterocycles. The average molecular weight is 286 g/mol. The van der Waals surface area contributed by atoms with Gasteiger partial charge in [0.25, 0.3) is 0 Å². The highest BCUT2D eigenvalue weighted by atomic mass is 16.5. The molecule has 1 rings (SSSR count). The van der Waals surface area contributed by atoms with E-state index in [0.717, 1.165) is 6.42 Å². The molecule has 114 valence electrons. The molecule has 7 nitrogen and oxygen atoms in total. The number of carboxylic acids is 1. The van der Waals surface area contributed by atoms with E-state index < -0.39 is 17.4 Å². The number of hydrogen-bond donors (Lipinski definition) is 2. The Labute approximate surface area is 118 Å². The molecule has 20 heavy (non-hydrogen) atoms. The number of aliphatic carboxylic acids is 1. The number of urea groups is 1. The molecule has 0 atom stereocenters. The number of methoxy groups -OCH3 is 1. The number of ether oxygens (including phenoxy) is 1. The minimum absolute atomic E-state index is 0.176. The fourth-order valence-corrected chi connectivity index (χ4v) is 2.52. The largest absolute Gasteiger partial charge is 0.481 e. The molecular formula is C13H22N2O5. The number of nitrogens with zero attached hydrogens (tertiary/aromatic N) is 1. The van der Waals surface area contributed by atoms with E-state index in [-0.39, 0.29) is 12.6 Å². The van der Waals surface area contributed by atoms with Crippen molar-refractivity contribution in [1.82, 2.24) is 10.2 Å². The van der Waals surface area contributed by atoms with Crippen LogP contribution in [0, 0.1) is 5.41 Å². The van der Waals surface area contributed by atoms with Crippen LogP contribution in [0.15, 0.2) is 0 Å². The predicted octanol–water partition coefficient (Wildman–Crippen LogP) is 0.836. The number of amides is 2. The van der Waals surface area contributed by atoms with Gasteiger partial charge in [0, 0.05) is 13.1 Å². The topological polar surface area (TPSA) is 95.9 Å². The van der Waals surface area contributed by atoms with Crippen molar-refractivity contribution >= 4 is 18.0 Å². The first-order valence-corrected chi connectivity index (χ1v) is 6.78. The van der Waals surface area contributed by atoms with Crippen molar-refractivity contribution in [3.63, 3.8) is 0 Å². The quantitative estimate of drug-likeness (QED) is 0.730. The van der Waals surface area contributed by atoms with Crippen LogP contribution >= 0.6 is 0 Å². The van der Waals surface area contributed by atoms with Crippen LogP contribution in [0.5, 0.6) is 0 Å². The van der Waals surface area contributed by atoms with E-state index in [0.29, 0.717) is 32.4 Å². The Hall–Kier alpha value is -1.79. The summed E-state index contributed by atoms with van der Waals surface area (Å²) in [6.45, 7) is 2.56. The monoisotopic (exact) mass is 286 g/mol. The lowest BCUT2D eigenvalue weighted by Gasteiger charge is -2.38. The number of piperidine rings is 1. The van der Waals surface area contributed by atoms with Gasteiger partial charge < -0.3 is 20.1 Å². The van der Waals surface area contributed by atoms with Crippen LogP contribution in [0.4, 0.5) is 4.79 Å². The molecule has 0 aliphatic carbocycles. The summed E-state index contributed by atoms with van der Waals surface area (Å²) in [6.07, 6.45) is 2.32. The summed E-state index contributed by atoms with van der Waals surface area (Å²) in [5.74, 6) is -1.30. The number of nitrogens with one attached hydrogen (secondary N) is 1. The highest BCUT2D eigenvalue weighted by molar-refractivity contribution is 5.81. The van der Waals surface area contributed by atoms with E-state index in [4.69, 9.17) is 0 Å². The zero-order chi connectivity index (χ0) is 15.2. The third-order valence-corrected chi connectivity index (χ3v) is 3.80. The van der Waals surface area contributed by atoms with Crippen molar-refractivity contribution in [3.8, 4) is 0 Å². The summed E-state index contributed by atoms with van der Waals surface area (Å²) in [7, 11) is 1.25. The second kappa shape index (κ2) is 7.12. The first-order valence-electron chi connectivity index (χ1n) is 6.78. The van der Waals surface area contributed by atoms with Crippen molar-refractivity contribution in [3.05, 3.63) is 0 Å². The zero-order valence-electron chi connectivity index (χ0n) is 12.0. The maximum absolute atomic E-state index is 11.8. The van der Waals surface area contributed by atoms with Crippen molar-refractivity contribution in [2.24, 2.45) is 5.41 Å². The summed E-state index contributed by atoms with van der Waals surface area (Å²) in [6, 6.07) is -0.356. The molecule has 0 bridgehead atoms. The summed E-state index contributed by atoms with van der Waals surface area (Å²) < 4.78 is 4.43. The molecule has 7 heteroatoms. The molecule has 2 N–H and O–H groups in total. The molecule has 0 aromatic heterocycles. The third-order valence-electron chi connectivity index (χ3n) is 3.80. The first kappa shape index (κ1) is 16.3. The van der Waals surface area contributed by atoms with E-state index in [2.05, 4.69) is 10.1 Å². The van der Waals surface area contributed by atoms with Crippen LogP contribution in [0.2, 0.25) is 0 Å². The van der Waals surface area contributed by atoms with E-state index in [1.807, 2.05) is 6.92 Å². The van der Waals surface area contributed by atoms with Gasteiger partial charge in [0.05, 0.1) is 12.5 Å². The Bertz CT molecular complexity index is 375. The smallest absolute Gasteiger partial charge is 0.325 e. The van der Waals surface area contributed by atoms with Crippen LogP contribution in [0.3, 0.4) is 0 Å². The number of rotatable bonds is 5. The van der Waals surface area contributed by atoms with E-state index in [9.17, 15) is 19.5 Å². The van der Waals surface area contributed by atoms with E-state index in [1.165, 1.54) is 7.11 Å². The minimum Gasteiger partial charge on any atom is -0.481 e. The van der Waals surface area contributed by atoms with Gasteiger partial charge in [-0.15, -0.1) is 0 Å². The predicted molar refractivity (Wildman–Crippen MR) is 71.2 cm³/mol. The molecule has 0 aromatic carbocycles. The van der Waals surface area contributed by atoms with E-state index in [1.54, 1.807) is 4.90 Å². The van der Waals surface area contributed by atoms with Crippen LogP contribution in [0.1, 0.15) is 32.6 Å². The average Bonchev–Trinajstić information content (AvgIpc) is 2.45. The zero-order valence-corrected chi connectivity index (χ0v) is 12.0. The lowest BCUT2D eigenvalue weighted by Crippen LogP contribution is -2.50. The summed E-state index contributed by atoms with van der Waals surface area (Å²) in [4.78, 5) is 35.7. The Morgan fingerprint density at radius 2 is 1.90 bits per heavy atom. The minimum atomic E-state index is -0.783. The molecule has 0 aromatic rings. The van der Waals surface area contributed by atoms with Crippen LogP contribution in [-0.4, -0.2) is 54.7 Å². The van der Waals surface area contributed by atoms with Gasteiger partial charge in [-0.05, 0) is 19.3 Å². The number of carboxylic acid groups (broad SMARTS) is 1. The van der Waals surface area contributed by atoms with Crippen molar-refractivity contribution < 1.29 is 24.2 Å². The molecule has 1 aliphatic heterocycles. The highest BCUT2D eigenvalue weighted by Gasteiger charge is 2.41. The van der Waals surface area contributed by atoms with Crippen molar-refractivity contribution in [1.29, 1.82) is 0 Å². The van der Waals surface area contributed by atoms with Crippen LogP contribution < -0.4 is 5.32 Å². The number of hydrogen-bond acceptors (Lipinski definition) is 4. The highest BCUT2D eigenvalue weighted by Crippen LogP contribution is 2.36.